The summed E-state index contributed by atoms with van der Waals surface area (Å²) in [7, 11) is 0. The molecule has 1 aromatic carbocycles. The van der Waals surface area contributed by atoms with Gasteiger partial charge in [-0.2, -0.15) is 0 Å². The van der Waals surface area contributed by atoms with Gasteiger partial charge >= 0.3 is 11.9 Å². The largest absolute Gasteiger partial charge is 0.481 e. The Morgan fingerprint density at radius 3 is 2.76 bits per heavy atom. The van der Waals surface area contributed by atoms with Crippen molar-refractivity contribution in [2.45, 2.75) is 70.4 Å². The van der Waals surface area contributed by atoms with E-state index in [1.807, 2.05) is 25.1 Å². The number of carboxylic acids is 1. The van der Waals surface area contributed by atoms with Gasteiger partial charge in [0.25, 0.3) is 0 Å². The molecular formula is C23H36N2O4. The standard InChI is InChI=1S/C23H36N2O4/c1-2-29-23(28)21(15-14-19-10-5-3-6-11-19)24-20-12-7-4-8-16-25(18-20)17-9-13-22(26)27/h3,5-6,10-11,20-21,24H,2,4,7-9,12-18H2,1H3,(H,26,27). The van der Waals surface area contributed by atoms with Crippen LogP contribution in [0, 0.1) is 0 Å². The van der Waals surface area contributed by atoms with Gasteiger partial charge in [-0.1, -0.05) is 43.2 Å². The molecule has 1 fully saturated rings. The third-order valence-corrected chi connectivity index (χ3v) is 5.44. The van der Waals surface area contributed by atoms with Crippen molar-refractivity contribution in [2.24, 2.45) is 0 Å². The number of aryl methyl sites for hydroxylation is 1. The number of rotatable bonds is 11. The smallest absolute Gasteiger partial charge is 0.323 e. The number of likely N-dealkylation sites (tertiary alicyclic amines) is 1. The van der Waals surface area contributed by atoms with Crippen molar-refractivity contribution in [3.63, 3.8) is 0 Å². The highest BCUT2D eigenvalue weighted by Gasteiger charge is 2.25. The SMILES string of the molecule is CCOC(=O)C(CCc1ccccc1)NC1CCCCCN(CCCC(=O)O)C1. The molecule has 1 aliphatic rings. The van der Waals surface area contributed by atoms with E-state index in [-0.39, 0.29) is 24.5 Å². The van der Waals surface area contributed by atoms with E-state index in [0.29, 0.717) is 19.4 Å². The first-order valence-electron chi connectivity index (χ1n) is 11.0. The minimum Gasteiger partial charge on any atom is -0.481 e. The molecular weight excluding hydrogens is 368 g/mol. The molecule has 0 bridgehead atoms. The predicted octanol–water partition coefficient (Wildman–Crippen LogP) is 3.25. The summed E-state index contributed by atoms with van der Waals surface area (Å²) in [5.41, 5.74) is 1.22. The van der Waals surface area contributed by atoms with Crippen LogP contribution in [0.25, 0.3) is 0 Å². The van der Waals surface area contributed by atoms with Crippen LogP contribution in [0.3, 0.4) is 0 Å². The summed E-state index contributed by atoms with van der Waals surface area (Å²) in [4.78, 5) is 25.7. The second-order valence-corrected chi connectivity index (χ2v) is 7.84. The van der Waals surface area contributed by atoms with Crippen LogP contribution in [-0.2, 0) is 20.7 Å². The average molecular weight is 405 g/mol. The van der Waals surface area contributed by atoms with Gasteiger partial charge in [-0.05, 0) is 57.7 Å². The summed E-state index contributed by atoms with van der Waals surface area (Å²) in [6.07, 6.45) is 6.89. The second-order valence-electron chi connectivity index (χ2n) is 7.84. The Morgan fingerprint density at radius 2 is 2.03 bits per heavy atom. The Hall–Kier alpha value is -1.92. The summed E-state index contributed by atoms with van der Waals surface area (Å²) in [6.45, 7) is 4.85. The lowest BCUT2D eigenvalue weighted by Gasteiger charge is -2.32. The molecule has 0 spiro atoms. The van der Waals surface area contributed by atoms with E-state index in [1.165, 1.54) is 12.0 Å². The number of benzene rings is 1. The van der Waals surface area contributed by atoms with Crippen LogP contribution in [0.1, 0.15) is 57.4 Å². The number of hydrogen-bond donors (Lipinski definition) is 2. The van der Waals surface area contributed by atoms with Crippen LogP contribution in [-0.4, -0.2) is 60.3 Å². The van der Waals surface area contributed by atoms with Crippen molar-refractivity contribution in [2.75, 3.05) is 26.2 Å². The molecule has 6 nitrogen and oxygen atoms in total. The first-order chi connectivity index (χ1) is 14.1. The zero-order chi connectivity index (χ0) is 20.9. The Labute approximate surface area is 174 Å². The van der Waals surface area contributed by atoms with Gasteiger partial charge in [0.1, 0.15) is 6.04 Å². The molecule has 2 rings (SSSR count). The van der Waals surface area contributed by atoms with Gasteiger partial charge in [-0.15, -0.1) is 0 Å². The number of carboxylic acid groups (broad SMARTS) is 1. The Morgan fingerprint density at radius 1 is 1.24 bits per heavy atom. The van der Waals surface area contributed by atoms with Crippen molar-refractivity contribution in [1.29, 1.82) is 0 Å². The molecule has 29 heavy (non-hydrogen) atoms. The zero-order valence-corrected chi connectivity index (χ0v) is 17.6. The average Bonchev–Trinajstić information content (AvgIpc) is 2.68. The van der Waals surface area contributed by atoms with Crippen molar-refractivity contribution in [3.8, 4) is 0 Å². The van der Waals surface area contributed by atoms with Gasteiger partial charge in [-0.25, -0.2) is 0 Å². The van der Waals surface area contributed by atoms with E-state index in [0.717, 1.165) is 45.3 Å². The molecule has 1 aliphatic heterocycles. The fourth-order valence-electron chi connectivity index (χ4n) is 3.94. The van der Waals surface area contributed by atoms with E-state index >= 15 is 0 Å². The molecule has 162 valence electrons. The lowest BCUT2D eigenvalue weighted by Crippen LogP contribution is -2.50. The van der Waals surface area contributed by atoms with E-state index in [4.69, 9.17) is 9.84 Å². The number of ether oxygens (including phenoxy) is 1. The normalized spacial score (nSPS) is 19.1. The van der Waals surface area contributed by atoms with Gasteiger partial charge in [0.15, 0.2) is 0 Å². The summed E-state index contributed by atoms with van der Waals surface area (Å²) in [6, 6.07) is 10.1. The van der Waals surface area contributed by atoms with Crippen LogP contribution < -0.4 is 5.32 Å². The number of aliphatic carboxylic acids is 1. The number of nitrogens with one attached hydrogen (secondary N) is 1. The number of hydrogen-bond acceptors (Lipinski definition) is 5. The molecule has 1 aromatic rings. The second kappa shape index (κ2) is 13.3. The molecule has 0 amide bonds. The summed E-state index contributed by atoms with van der Waals surface area (Å²) >= 11 is 0. The molecule has 0 radical (unpaired) electrons. The minimum atomic E-state index is -0.741. The molecule has 0 aliphatic carbocycles. The molecule has 2 N–H and O–H groups in total. The van der Waals surface area contributed by atoms with Crippen LogP contribution in [0.4, 0.5) is 0 Å². The summed E-state index contributed by atoms with van der Waals surface area (Å²) in [5, 5.41) is 12.5. The number of nitrogens with zero attached hydrogens (tertiary/aromatic N) is 1. The van der Waals surface area contributed by atoms with Crippen molar-refractivity contribution in [3.05, 3.63) is 35.9 Å². The van der Waals surface area contributed by atoms with E-state index < -0.39 is 5.97 Å². The quantitative estimate of drug-likeness (QED) is 0.551. The number of carbonyl (C=O) groups excluding carboxylic acids is 1. The molecule has 0 aromatic heterocycles. The van der Waals surface area contributed by atoms with Gasteiger partial charge in [0.2, 0.25) is 0 Å². The highest BCUT2D eigenvalue weighted by Crippen LogP contribution is 2.15. The van der Waals surface area contributed by atoms with E-state index in [9.17, 15) is 9.59 Å². The first kappa shape index (κ1) is 23.4. The van der Waals surface area contributed by atoms with Crippen LogP contribution in [0.5, 0.6) is 0 Å². The fourth-order valence-corrected chi connectivity index (χ4v) is 3.94. The predicted molar refractivity (Wildman–Crippen MR) is 114 cm³/mol. The Kier molecular flexibility index (Phi) is 10.7. The van der Waals surface area contributed by atoms with Gasteiger partial charge in [0.05, 0.1) is 6.61 Å². The highest BCUT2D eigenvalue weighted by atomic mass is 16.5. The van der Waals surface area contributed by atoms with Crippen LogP contribution in [0.2, 0.25) is 0 Å². The molecule has 2 unspecified atom stereocenters. The Bertz CT molecular complexity index is 608. The topological polar surface area (TPSA) is 78.9 Å². The van der Waals surface area contributed by atoms with Crippen molar-refractivity contribution >= 4 is 11.9 Å². The fraction of sp³-hybridized carbons (Fsp3) is 0.652. The molecule has 6 heteroatoms. The molecule has 2 atom stereocenters. The highest BCUT2D eigenvalue weighted by molar-refractivity contribution is 5.75. The third-order valence-electron chi connectivity index (χ3n) is 5.44. The maximum absolute atomic E-state index is 12.6. The maximum Gasteiger partial charge on any atom is 0.323 e. The van der Waals surface area contributed by atoms with Gasteiger partial charge < -0.3 is 20.1 Å². The minimum absolute atomic E-state index is 0.178. The summed E-state index contributed by atoms with van der Waals surface area (Å²) in [5.74, 6) is -0.919. The maximum atomic E-state index is 12.6. The summed E-state index contributed by atoms with van der Waals surface area (Å²) < 4.78 is 5.33. The number of esters is 1. The first-order valence-corrected chi connectivity index (χ1v) is 11.0. The lowest BCUT2D eigenvalue weighted by molar-refractivity contribution is -0.146. The van der Waals surface area contributed by atoms with E-state index in [1.54, 1.807) is 0 Å². The molecule has 1 saturated heterocycles. The van der Waals surface area contributed by atoms with Crippen LogP contribution in [0.15, 0.2) is 30.3 Å². The molecule has 0 saturated carbocycles. The monoisotopic (exact) mass is 404 g/mol. The number of carbonyl (C=O) groups is 2. The van der Waals surface area contributed by atoms with E-state index in [2.05, 4.69) is 22.3 Å². The van der Waals surface area contributed by atoms with Crippen molar-refractivity contribution < 1.29 is 19.4 Å². The van der Waals surface area contributed by atoms with Crippen molar-refractivity contribution in [1.82, 2.24) is 10.2 Å². The molecule has 1 heterocycles. The third kappa shape index (κ3) is 9.41. The van der Waals surface area contributed by atoms with Gasteiger partial charge in [0, 0.05) is 19.0 Å². The Balaban J connectivity index is 1.95. The zero-order valence-electron chi connectivity index (χ0n) is 17.6. The lowest BCUT2D eigenvalue weighted by atomic mass is 10.0. The van der Waals surface area contributed by atoms with Crippen LogP contribution >= 0.6 is 0 Å². The van der Waals surface area contributed by atoms with Gasteiger partial charge in [-0.3, -0.25) is 9.59 Å².